The number of benzene rings is 1. The lowest BCUT2D eigenvalue weighted by Crippen LogP contribution is -2.14. The van der Waals surface area contributed by atoms with Crippen LogP contribution in [0.15, 0.2) is 24.3 Å². The van der Waals surface area contributed by atoms with Gasteiger partial charge in [0.15, 0.2) is 0 Å². The minimum absolute atomic E-state index is 0.231. The van der Waals surface area contributed by atoms with Gasteiger partial charge in [-0.05, 0) is 24.6 Å². The average Bonchev–Trinajstić information content (AvgIpc) is 2.15. The molecule has 82 valence electrons. The standard InChI is InChI=1S/C10H11F2NOS/c1-7-3-2-4-8(5-7)13-9(14)6-15-10(11)12/h2-5,10H,6H2,1H3,(H,13,14). The molecule has 0 saturated heterocycles. The van der Waals surface area contributed by atoms with Crippen molar-refractivity contribution in [3.63, 3.8) is 0 Å². The highest BCUT2D eigenvalue weighted by Crippen LogP contribution is 2.14. The van der Waals surface area contributed by atoms with Gasteiger partial charge in [0.05, 0.1) is 5.75 Å². The van der Waals surface area contributed by atoms with Gasteiger partial charge in [0.25, 0.3) is 5.76 Å². The molecule has 0 saturated carbocycles. The number of hydrogen-bond acceptors (Lipinski definition) is 2. The van der Waals surface area contributed by atoms with Crippen LogP contribution < -0.4 is 5.32 Å². The first kappa shape index (κ1) is 12.0. The minimum atomic E-state index is -2.51. The van der Waals surface area contributed by atoms with Crippen LogP contribution >= 0.6 is 11.8 Å². The number of carbonyl (C=O) groups excluding carboxylic acids is 1. The summed E-state index contributed by atoms with van der Waals surface area (Å²) < 4.78 is 23.6. The van der Waals surface area contributed by atoms with E-state index in [0.717, 1.165) is 5.56 Å². The fourth-order valence-electron chi connectivity index (χ4n) is 1.06. The topological polar surface area (TPSA) is 29.1 Å². The Labute approximate surface area is 91.1 Å². The van der Waals surface area contributed by atoms with Crippen molar-refractivity contribution in [2.75, 3.05) is 11.1 Å². The summed E-state index contributed by atoms with van der Waals surface area (Å²) in [5.41, 5.74) is 1.64. The van der Waals surface area contributed by atoms with Gasteiger partial charge in [0.2, 0.25) is 5.91 Å². The zero-order chi connectivity index (χ0) is 11.3. The Balaban J connectivity index is 2.44. The Morgan fingerprint density at radius 1 is 1.53 bits per heavy atom. The van der Waals surface area contributed by atoms with Crippen LogP contribution in [0.4, 0.5) is 14.5 Å². The second kappa shape index (κ2) is 5.70. The number of rotatable bonds is 4. The number of alkyl halides is 2. The number of amides is 1. The molecule has 1 aromatic carbocycles. The Morgan fingerprint density at radius 3 is 2.87 bits per heavy atom. The van der Waals surface area contributed by atoms with Gasteiger partial charge < -0.3 is 5.32 Å². The molecule has 0 aromatic heterocycles. The number of hydrogen-bond donors (Lipinski definition) is 1. The molecule has 1 amide bonds. The van der Waals surface area contributed by atoms with E-state index < -0.39 is 11.7 Å². The van der Waals surface area contributed by atoms with Gasteiger partial charge >= 0.3 is 0 Å². The smallest absolute Gasteiger partial charge is 0.285 e. The second-order valence-corrected chi connectivity index (χ2v) is 3.97. The maximum Gasteiger partial charge on any atom is 0.285 e. The lowest BCUT2D eigenvalue weighted by molar-refractivity contribution is -0.113. The second-order valence-electron chi connectivity index (χ2n) is 2.99. The molecule has 15 heavy (non-hydrogen) atoms. The van der Waals surface area contributed by atoms with Crippen molar-refractivity contribution in [1.29, 1.82) is 0 Å². The predicted octanol–water partition coefficient (Wildman–Crippen LogP) is 2.89. The molecule has 0 fully saturated rings. The van der Waals surface area contributed by atoms with Crippen molar-refractivity contribution in [2.24, 2.45) is 0 Å². The highest BCUT2D eigenvalue weighted by molar-refractivity contribution is 8.00. The normalized spacial score (nSPS) is 10.4. The molecule has 0 aliphatic heterocycles. The van der Waals surface area contributed by atoms with Crippen LogP contribution in [0, 0.1) is 6.92 Å². The molecular formula is C10H11F2NOS. The lowest BCUT2D eigenvalue weighted by atomic mass is 10.2. The van der Waals surface area contributed by atoms with Crippen LogP contribution in [-0.2, 0) is 4.79 Å². The summed E-state index contributed by atoms with van der Waals surface area (Å²) in [6, 6.07) is 7.19. The number of aryl methyl sites for hydroxylation is 1. The van der Waals surface area contributed by atoms with E-state index >= 15 is 0 Å². The first-order valence-corrected chi connectivity index (χ1v) is 5.39. The summed E-state index contributed by atoms with van der Waals surface area (Å²) in [5.74, 6) is -3.15. The van der Waals surface area contributed by atoms with Gasteiger partial charge in [-0.15, -0.1) is 0 Å². The van der Waals surface area contributed by atoms with Crippen molar-refractivity contribution >= 4 is 23.4 Å². The highest BCUT2D eigenvalue weighted by atomic mass is 32.2. The van der Waals surface area contributed by atoms with E-state index in [2.05, 4.69) is 5.32 Å². The van der Waals surface area contributed by atoms with E-state index in [4.69, 9.17) is 0 Å². The minimum Gasteiger partial charge on any atom is -0.325 e. The predicted molar refractivity (Wildman–Crippen MR) is 58.3 cm³/mol. The maximum atomic E-state index is 11.8. The van der Waals surface area contributed by atoms with Gasteiger partial charge in [0.1, 0.15) is 0 Å². The van der Waals surface area contributed by atoms with E-state index in [0.29, 0.717) is 17.4 Å². The van der Waals surface area contributed by atoms with Crippen LogP contribution in [0.1, 0.15) is 5.56 Å². The molecule has 0 heterocycles. The van der Waals surface area contributed by atoms with E-state index in [1.807, 2.05) is 13.0 Å². The Bertz CT molecular complexity index is 344. The third-order valence-corrected chi connectivity index (χ3v) is 2.32. The molecular weight excluding hydrogens is 220 g/mol. The summed E-state index contributed by atoms with van der Waals surface area (Å²) in [7, 11) is 0. The van der Waals surface area contributed by atoms with Crippen LogP contribution in [0.3, 0.4) is 0 Å². The highest BCUT2D eigenvalue weighted by Gasteiger charge is 2.08. The van der Waals surface area contributed by atoms with E-state index in [1.165, 1.54) is 0 Å². The van der Waals surface area contributed by atoms with E-state index in [1.54, 1.807) is 18.2 Å². The molecule has 0 radical (unpaired) electrons. The van der Waals surface area contributed by atoms with Gasteiger partial charge in [-0.25, -0.2) is 0 Å². The first-order chi connectivity index (χ1) is 7.08. The molecule has 0 bridgehead atoms. The molecule has 0 aliphatic rings. The number of carbonyl (C=O) groups is 1. The van der Waals surface area contributed by atoms with Crippen molar-refractivity contribution in [1.82, 2.24) is 0 Å². The summed E-state index contributed by atoms with van der Waals surface area (Å²) in [6.45, 7) is 1.89. The number of thioether (sulfide) groups is 1. The fourth-order valence-corrected chi connectivity index (χ4v) is 1.41. The first-order valence-electron chi connectivity index (χ1n) is 4.34. The molecule has 1 aromatic rings. The summed E-state index contributed by atoms with van der Waals surface area (Å²) in [5, 5.41) is 2.54. The van der Waals surface area contributed by atoms with Gasteiger partial charge in [0, 0.05) is 5.69 Å². The summed E-state index contributed by atoms with van der Waals surface area (Å²) >= 11 is 0.317. The van der Waals surface area contributed by atoms with Crippen LogP contribution in [0.25, 0.3) is 0 Å². The van der Waals surface area contributed by atoms with Crippen LogP contribution in [-0.4, -0.2) is 17.4 Å². The molecule has 1 N–H and O–H groups in total. The van der Waals surface area contributed by atoms with Crippen LogP contribution in [0.5, 0.6) is 0 Å². The summed E-state index contributed by atoms with van der Waals surface area (Å²) in [4.78, 5) is 11.2. The maximum absolute atomic E-state index is 11.8. The fraction of sp³-hybridized carbons (Fsp3) is 0.300. The molecule has 5 heteroatoms. The number of halogens is 2. The average molecular weight is 231 g/mol. The monoisotopic (exact) mass is 231 g/mol. The zero-order valence-corrected chi connectivity index (χ0v) is 8.98. The molecule has 1 rings (SSSR count). The van der Waals surface area contributed by atoms with Crippen molar-refractivity contribution in [3.05, 3.63) is 29.8 Å². The molecule has 0 unspecified atom stereocenters. The third-order valence-electron chi connectivity index (χ3n) is 1.64. The van der Waals surface area contributed by atoms with Gasteiger partial charge in [-0.3, -0.25) is 4.79 Å². The van der Waals surface area contributed by atoms with Crippen molar-refractivity contribution in [3.8, 4) is 0 Å². The Hall–Kier alpha value is -1.10. The molecule has 0 atom stereocenters. The van der Waals surface area contributed by atoms with Crippen LogP contribution in [0.2, 0.25) is 0 Å². The van der Waals surface area contributed by atoms with Gasteiger partial charge in [-0.2, -0.15) is 8.78 Å². The number of nitrogens with one attached hydrogen (secondary N) is 1. The van der Waals surface area contributed by atoms with E-state index in [-0.39, 0.29) is 5.75 Å². The quantitative estimate of drug-likeness (QED) is 0.863. The van der Waals surface area contributed by atoms with Crippen molar-refractivity contribution in [2.45, 2.75) is 12.7 Å². The number of anilines is 1. The lowest BCUT2D eigenvalue weighted by Gasteiger charge is -2.05. The summed E-state index contributed by atoms with van der Waals surface area (Å²) in [6.07, 6.45) is 0. The van der Waals surface area contributed by atoms with E-state index in [9.17, 15) is 13.6 Å². The largest absolute Gasteiger partial charge is 0.325 e. The SMILES string of the molecule is Cc1cccc(NC(=O)CSC(F)F)c1. The molecule has 2 nitrogen and oxygen atoms in total. The molecule has 0 aliphatic carbocycles. The van der Waals surface area contributed by atoms with Gasteiger partial charge in [-0.1, -0.05) is 23.9 Å². The Kier molecular flexibility index (Phi) is 4.55. The molecule has 0 spiro atoms. The van der Waals surface area contributed by atoms with Crippen molar-refractivity contribution < 1.29 is 13.6 Å². The third kappa shape index (κ3) is 4.78. The Morgan fingerprint density at radius 2 is 2.27 bits per heavy atom. The zero-order valence-electron chi connectivity index (χ0n) is 8.17.